The first-order valence-corrected chi connectivity index (χ1v) is 6.67. The smallest absolute Gasteiger partial charge is 0.321 e. The summed E-state index contributed by atoms with van der Waals surface area (Å²) >= 11 is 0. The van der Waals surface area contributed by atoms with E-state index in [1.165, 1.54) is 4.90 Å². The summed E-state index contributed by atoms with van der Waals surface area (Å²) in [4.78, 5) is 24.3. The van der Waals surface area contributed by atoms with Gasteiger partial charge in [-0.1, -0.05) is 39.0 Å². The molecule has 108 valence electrons. The van der Waals surface area contributed by atoms with Gasteiger partial charge in [-0.25, -0.2) is 4.79 Å². The molecule has 1 fully saturated rings. The number of anilines is 1. The van der Waals surface area contributed by atoms with Crippen LogP contribution in [-0.2, 0) is 10.2 Å². The third-order valence-corrected chi connectivity index (χ3v) is 3.49. The summed E-state index contributed by atoms with van der Waals surface area (Å²) in [5, 5.41) is 11.7. The van der Waals surface area contributed by atoms with Gasteiger partial charge < -0.3 is 15.3 Å². The number of rotatable bonds is 2. The molecule has 1 aromatic carbocycles. The Morgan fingerprint density at radius 2 is 1.85 bits per heavy atom. The summed E-state index contributed by atoms with van der Waals surface area (Å²) in [6, 6.07) is 7.44. The molecule has 1 heterocycles. The molecule has 0 radical (unpaired) electrons. The lowest BCUT2D eigenvalue weighted by Crippen LogP contribution is -2.54. The van der Waals surface area contributed by atoms with E-state index in [1.54, 1.807) is 0 Å². The highest BCUT2D eigenvalue weighted by atomic mass is 16.4. The second-order valence-electron chi connectivity index (χ2n) is 6.17. The van der Waals surface area contributed by atoms with Gasteiger partial charge in [-0.05, 0) is 17.0 Å². The Bertz CT molecular complexity index is 528. The zero-order valence-electron chi connectivity index (χ0n) is 12.0. The van der Waals surface area contributed by atoms with Gasteiger partial charge in [0.2, 0.25) is 0 Å². The number of carbonyl (C=O) groups is 2. The molecule has 0 bridgehead atoms. The molecule has 2 amide bonds. The van der Waals surface area contributed by atoms with Crippen LogP contribution in [0.5, 0.6) is 0 Å². The molecule has 0 atom stereocenters. The van der Waals surface area contributed by atoms with Crippen LogP contribution < -0.4 is 5.32 Å². The lowest BCUT2D eigenvalue weighted by molar-refractivity contribution is -0.145. The van der Waals surface area contributed by atoms with Crippen LogP contribution in [0.15, 0.2) is 24.3 Å². The summed E-state index contributed by atoms with van der Waals surface area (Å²) < 4.78 is 0. The Hall–Kier alpha value is -2.04. The number of carboxylic acids is 1. The first-order valence-electron chi connectivity index (χ1n) is 6.67. The van der Waals surface area contributed by atoms with Crippen molar-refractivity contribution in [2.24, 2.45) is 5.92 Å². The van der Waals surface area contributed by atoms with Gasteiger partial charge in [0.05, 0.1) is 5.92 Å². The van der Waals surface area contributed by atoms with Crippen molar-refractivity contribution in [2.45, 2.75) is 26.2 Å². The van der Waals surface area contributed by atoms with E-state index in [2.05, 4.69) is 26.1 Å². The minimum Gasteiger partial charge on any atom is -0.481 e. The van der Waals surface area contributed by atoms with E-state index in [9.17, 15) is 9.59 Å². The molecule has 20 heavy (non-hydrogen) atoms. The van der Waals surface area contributed by atoms with Gasteiger partial charge in [0.15, 0.2) is 0 Å². The van der Waals surface area contributed by atoms with Crippen LogP contribution in [0.3, 0.4) is 0 Å². The third-order valence-electron chi connectivity index (χ3n) is 3.49. The average Bonchev–Trinajstić information content (AvgIpc) is 2.25. The van der Waals surface area contributed by atoms with Crippen molar-refractivity contribution in [1.29, 1.82) is 0 Å². The zero-order chi connectivity index (χ0) is 14.9. The predicted molar refractivity (Wildman–Crippen MR) is 76.9 cm³/mol. The highest BCUT2D eigenvalue weighted by Gasteiger charge is 2.35. The second kappa shape index (κ2) is 5.15. The van der Waals surface area contributed by atoms with Crippen LogP contribution in [0, 0.1) is 5.92 Å². The standard InChI is InChI=1S/C15H20N2O3/c1-15(2,3)11-6-4-5-7-12(11)16-14(20)17-8-10(9-17)13(18)19/h4-7,10H,8-9H2,1-3H3,(H,16,20)(H,18,19). The van der Waals surface area contributed by atoms with Gasteiger partial charge in [0, 0.05) is 18.8 Å². The number of carbonyl (C=O) groups excluding carboxylic acids is 1. The topological polar surface area (TPSA) is 69.6 Å². The molecule has 2 N–H and O–H groups in total. The fourth-order valence-corrected chi connectivity index (χ4v) is 2.24. The van der Waals surface area contributed by atoms with E-state index in [-0.39, 0.29) is 24.5 Å². The highest BCUT2D eigenvalue weighted by Crippen LogP contribution is 2.29. The van der Waals surface area contributed by atoms with Crippen molar-refractivity contribution in [3.05, 3.63) is 29.8 Å². The van der Waals surface area contributed by atoms with Crippen molar-refractivity contribution in [2.75, 3.05) is 18.4 Å². The Balaban J connectivity index is 2.05. The van der Waals surface area contributed by atoms with Crippen molar-refractivity contribution >= 4 is 17.7 Å². The van der Waals surface area contributed by atoms with Gasteiger partial charge in [-0.15, -0.1) is 0 Å². The first kappa shape index (κ1) is 14.4. The van der Waals surface area contributed by atoms with Crippen LogP contribution in [-0.4, -0.2) is 35.1 Å². The number of hydrogen-bond acceptors (Lipinski definition) is 2. The molecule has 5 nitrogen and oxygen atoms in total. The van der Waals surface area contributed by atoms with Gasteiger partial charge in [-0.2, -0.15) is 0 Å². The number of benzene rings is 1. The molecule has 5 heteroatoms. The lowest BCUT2D eigenvalue weighted by Gasteiger charge is -2.36. The number of hydrogen-bond donors (Lipinski definition) is 2. The molecule has 1 aromatic rings. The van der Waals surface area contributed by atoms with E-state index in [4.69, 9.17) is 5.11 Å². The molecular weight excluding hydrogens is 256 g/mol. The van der Waals surface area contributed by atoms with Crippen molar-refractivity contribution in [1.82, 2.24) is 4.90 Å². The van der Waals surface area contributed by atoms with Crippen molar-refractivity contribution in [3.63, 3.8) is 0 Å². The fraction of sp³-hybridized carbons (Fsp3) is 0.467. The number of aliphatic carboxylic acids is 1. The van der Waals surface area contributed by atoms with Crippen LogP contribution in [0.2, 0.25) is 0 Å². The SMILES string of the molecule is CC(C)(C)c1ccccc1NC(=O)N1CC(C(=O)O)C1. The molecule has 0 saturated carbocycles. The Morgan fingerprint density at radius 3 is 2.40 bits per heavy atom. The maximum Gasteiger partial charge on any atom is 0.321 e. The number of amides is 2. The van der Waals surface area contributed by atoms with Gasteiger partial charge >= 0.3 is 12.0 Å². The van der Waals surface area contributed by atoms with E-state index in [1.807, 2.05) is 24.3 Å². The maximum atomic E-state index is 12.1. The summed E-state index contributed by atoms with van der Waals surface area (Å²) in [5.74, 6) is -1.28. The molecule has 2 rings (SSSR count). The van der Waals surface area contributed by atoms with Crippen molar-refractivity contribution < 1.29 is 14.7 Å². The molecule has 0 spiro atoms. The molecule has 1 saturated heterocycles. The number of para-hydroxylation sites is 1. The molecule has 1 aliphatic rings. The van der Waals surface area contributed by atoms with E-state index < -0.39 is 11.9 Å². The van der Waals surface area contributed by atoms with E-state index in [0.29, 0.717) is 0 Å². The first-order chi connectivity index (χ1) is 9.29. The molecule has 0 unspecified atom stereocenters. The maximum absolute atomic E-state index is 12.1. The highest BCUT2D eigenvalue weighted by molar-refractivity contribution is 5.92. The summed E-state index contributed by atoms with van der Waals surface area (Å²) in [6.07, 6.45) is 0. The van der Waals surface area contributed by atoms with Crippen LogP contribution in [0.25, 0.3) is 0 Å². The Morgan fingerprint density at radius 1 is 1.25 bits per heavy atom. The van der Waals surface area contributed by atoms with Crippen LogP contribution >= 0.6 is 0 Å². The molecule has 1 aliphatic heterocycles. The second-order valence-corrected chi connectivity index (χ2v) is 6.17. The lowest BCUT2D eigenvalue weighted by atomic mass is 9.86. The normalized spacial score (nSPS) is 15.7. The number of nitrogens with zero attached hydrogens (tertiary/aromatic N) is 1. The molecule has 0 aliphatic carbocycles. The number of likely N-dealkylation sites (tertiary alicyclic amines) is 1. The summed E-state index contributed by atoms with van der Waals surface area (Å²) in [5.41, 5.74) is 1.77. The minimum atomic E-state index is -0.843. The summed E-state index contributed by atoms with van der Waals surface area (Å²) in [6.45, 7) is 6.81. The van der Waals surface area contributed by atoms with Gasteiger partial charge in [-0.3, -0.25) is 4.79 Å². The number of carboxylic acid groups (broad SMARTS) is 1. The minimum absolute atomic E-state index is 0.0670. The fourth-order valence-electron chi connectivity index (χ4n) is 2.24. The quantitative estimate of drug-likeness (QED) is 0.872. The average molecular weight is 276 g/mol. The van der Waals surface area contributed by atoms with Crippen LogP contribution in [0.4, 0.5) is 10.5 Å². The molecule has 0 aromatic heterocycles. The van der Waals surface area contributed by atoms with Gasteiger partial charge in [0.25, 0.3) is 0 Å². The van der Waals surface area contributed by atoms with E-state index >= 15 is 0 Å². The Kier molecular flexibility index (Phi) is 3.70. The van der Waals surface area contributed by atoms with Crippen LogP contribution in [0.1, 0.15) is 26.3 Å². The molecular formula is C15H20N2O3. The Labute approximate surface area is 118 Å². The number of nitrogens with one attached hydrogen (secondary N) is 1. The summed E-state index contributed by atoms with van der Waals surface area (Å²) in [7, 11) is 0. The van der Waals surface area contributed by atoms with E-state index in [0.717, 1.165) is 11.3 Å². The number of urea groups is 1. The van der Waals surface area contributed by atoms with Gasteiger partial charge in [0.1, 0.15) is 0 Å². The predicted octanol–water partition coefficient (Wildman–Crippen LogP) is 2.53. The van der Waals surface area contributed by atoms with Crippen molar-refractivity contribution in [3.8, 4) is 0 Å². The monoisotopic (exact) mass is 276 g/mol. The third kappa shape index (κ3) is 2.92. The largest absolute Gasteiger partial charge is 0.481 e. The zero-order valence-corrected chi connectivity index (χ0v) is 12.0.